The fourth-order valence-corrected chi connectivity index (χ4v) is 2.45. The number of hydrogen-bond donors (Lipinski definition) is 0. The monoisotopic (exact) mass is 252 g/mol. The average Bonchev–Trinajstić information content (AvgIpc) is 2.46. The van der Waals surface area contributed by atoms with Gasteiger partial charge in [-0.25, -0.2) is 0 Å². The molecule has 2 rings (SSSR count). The normalized spacial score (nSPS) is 10.1. The van der Waals surface area contributed by atoms with Crippen molar-refractivity contribution in [1.29, 1.82) is 0 Å². The van der Waals surface area contributed by atoms with E-state index in [1.165, 1.54) is 16.7 Å². The molecule has 0 aromatic heterocycles. The SMILES string of the molecule is CCO[Si]C=C(c1ccccc1)c1ccccc1. The van der Waals surface area contributed by atoms with Gasteiger partial charge in [-0.1, -0.05) is 66.4 Å². The molecular weight excluding hydrogens is 236 g/mol. The van der Waals surface area contributed by atoms with Gasteiger partial charge in [0.2, 0.25) is 0 Å². The Kier molecular flexibility index (Phi) is 4.94. The molecule has 0 aliphatic rings. The summed E-state index contributed by atoms with van der Waals surface area (Å²) in [5.74, 6) is 0. The summed E-state index contributed by atoms with van der Waals surface area (Å²) in [5, 5.41) is 0. The second-order valence-corrected chi connectivity index (χ2v) is 4.65. The van der Waals surface area contributed by atoms with Gasteiger partial charge in [0, 0.05) is 6.61 Å². The van der Waals surface area contributed by atoms with Gasteiger partial charge in [-0.3, -0.25) is 0 Å². The Bertz CT molecular complexity index is 450. The summed E-state index contributed by atoms with van der Waals surface area (Å²) in [6, 6.07) is 20.9. The molecule has 0 spiro atoms. The average molecular weight is 252 g/mol. The van der Waals surface area contributed by atoms with Crippen molar-refractivity contribution in [3.05, 3.63) is 77.5 Å². The first kappa shape index (κ1) is 12.8. The lowest BCUT2D eigenvalue weighted by atomic mass is 10.00. The molecule has 0 saturated carbocycles. The third kappa shape index (κ3) is 3.42. The van der Waals surface area contributed by atoms with Gasteiger partial charge in [-0.05, 0) is 23.6 Å². The summed E-state index contributed by atoms with van der Waals surface area (Å²) >= 11 is 0. The number of benzene rings is 2. The van der Waals surface area contributed by atoms with Gasteiger partial charge in [0.15, 0.2) is 0 Å². The van der Waals surface area contributed by atoms with Gasteiger partial charge in [-0.2, -0.15) is 0 Å². The van der Waals surface area contributed by atoms with Gasteiger partial charge in [0.05, 0.1) is 0 Å². The minimum absolute atomic E-state index is 0.402. The van der Waals surface area contributed by atoms with Gasteiger partial charge >= 0.3 is 0 Å². The van der Waals surface area contributed by atoms with Crippen LogP contribution in [0.1, 0.15) is 18.1 Å². The van der Waals surface area contributed by atoms with Crippen molar-refractivity contribution < 1.29 is 4.43 Å². The predicted octanol–water partition coefficient (Wildman–Crippen LogP) is 3.73. The minimum Gasteiger partial charge on any atom is -0.412 e. The van der Waals surface area contributed by atoms with E-state index in [2.05, 4.69) is 54.2 Å². The summed E-state index contributed by atoms with van der Waals surface area (Å²) < 4.78 is 5.46. The fourth-order valence-electron chi connectivity index (χ4n) is 1.75. The maximum Gasteiger partial charge on any atom is 0.261 e. The molecule has 0 N–H and O–H groups in total. The molecule has 2 heteroatoms. The van der Waals surface area contributed by atoms with Gasteiger partial charge in [-0.15, -0.1) is 0 Å². The lowest BCUT2D eigenvalue weighted by Gasteiger charge is -2.08. The van der Waals surface area contributed by atoms with Crippen LogP contribution in [0.2, 0.25) is 0 Å². The lowest BCUT2D eigenvalue weighted by Crippen LogP contribution is -1.97. The first-order valence-corrected chi connectivity index (χ1v) is 7.08. The Morgan fingerprint density at radius 3 is 1.89 bits per heavy atom. The Labute approximate surface area is 111 Å². The Hall–Kier alpha value is -1.64. The maximum atomic E-state index is 5.46. The van der Waals surface area contributed by atoms with Gasteiger partial charge < -0.3 is 4.43 Å². The van der Waals surface area contributed by atoms with E-state index in [9.17, 15) is 0 Å². The molecule has 90 valence electrons. The Morgan fingerprint density at radius 1 is 0.944 bits per heavy atom. The highest BCUT2D eigenvalue weighted by Gasteiger charge is 2.03. The van der Waals surface area contributed by atoms with Crippen LogP contribution in [0.25, 0.3) is 5.57 Å². The molecule has 18 heavy (non-hydrogen) atoms. The fraction of sp³-hybridized carbons (Fsp3) is 0.125. The van der Waals surface area contributed by atoms with Crippen molar-refractivity contribution in [3.63, 3.8) is 0 Å². The van der Waals surface area contributed by atoms with Crippen LogP contribution in [-0.2, 0) is 4.43 Å². The highest BCUT2D eigenvalue weighted by molar-refractivity contribution is 6.37. The van der Waals surface area contributed by atoms with Gasteiger partial charge in [0.25, 0.3) is 9.76 Å². The second kappa shape index (κ2) is 6.94. The Balaban J connectivity index is 2.33. The zero-order chi connectivity index (χ0) is 12.6. The van der Waals surface area contributed by atoms with Crippen molar-refractivity contribution >= 4 is 15.3 Å². The highest BCUT2D eigenvalue weighted by atomic mass is 28.2. The van der Waals surface area contributed by atoms with E-state index in [-0.39, 0.29) is 0 Å². The number of rotatable bonds is 5. The van der Waals surface area contributed by atoms with Crippen molar-refractivity contribution in [2.24, 2.45) is 0 Å². The maximum absolute atomic E-state index is 5.46. The van der Waals surface area contributed by atoms with E-state index >= 15 is 0 Å². The van der Waals surface area contributed by atoms with Crippen molar-refractivity contribution in [3.8, 4) is 0 Å². The largest absolute Gasteiger partial charge is 0.412 e. The summed E-state index contributed by atoms with van der Waals surface area (Å²) in [5.41, 5.74) is 5.88. The molecule has 0 heterocycles. The second-order valence-electron chi connectivity index (χ2n) is 3.84. The van der Waals surface area contributed by atoms with E-state index in [4.69, 9.17) is 4.43 Å². The summed E-state index contributed by atoms with van der Waals surface area (Å²) in [4.78, 5) is 0. The molecule has 0 fully saturated rings. The van der Waals surface area contributed by atoms with Crippen molar-refractivity contribution in [1.82, 2.24) is 0 Å². The van der Waals surface area contributed by atoms with Crippen LogP contribution in [-0.4, -0.2) is 16.4 Å². The van der Waals surface area contributed by atoms with Crippen molar-refractivity contribution in [2.75, 3.05) is 6.61 Å². The molecule has 0 aliphatic carbocycles. The molecule has 0 atom stereocenters. The topological polar surface area (TPSA) is 9.23 Å². The van der Waals surface area contributed by atoms with Gasteiger partial charge in [0.1, 0.15) is 0 Å². The molecule has 2 radical (unpaired) electrons. The van der Waals surface area contributed by atoms with Crippen molar-refractivity contribution in [2.45, 2.75) is 6.92 Å². The van der Waals surface area contributed by atoms with E-state index in [0.717, 1.165) is 6.61 Å². The van der Waals surface area contributed by atoms with Crippen LogP contribution < -0.4 is 0 Å². The van der Waals surface area contributed by atoms with E-state index < -0.39 is 0 Å². The summed E-state index contributed by atoms with van der Waals surface area (Å²) in [7, 11) is 0.402. The van der Waals surface area contributed by atoms with Crippen LogP contribution in [0, 0.1) is 0 Å². The zero-order valence-corrected chi connectivity index (χ0v) is 11.5. The number of hydrogen-bond acceptors (Lipinski definition) is 1. The third-order valence-corrected chi connectivity index (χ3v) is 3.46. The van der Waals surface area contributed by atoms with E-state index in [1.807, 2.05) is 19.1 Å². The molecule has 0 bridgehead atoms. The molecule has 0 saturated heterocycles. The zero-order valence-electron chi connectivity index (χ0n) is 10.5. The Morgan fingerprint density at radius 2 is 1.44 bits per heavy atom. The molecule has 2 aromatic carbocycles. The molecular formula is C16H16OSi. The molecule has 0 amide bonds. The first-order valence-electron chi connectivity index (χ1n) is 6.10. The quantitative estimate of drug-likeness (QED) is 0.582. The molecule has 0 aliphatic heterocycles. The van der Waals surface area contributed by atoms with Crippen LogP contribution >= 0.6 is 0 Å². The molecule has 0 unspecified atom stereocenters. The molecule has 1 nitrogen and oxygen atoms in total. The highest BCUT2D eigenvalue weighted by Crippen LogP contribution is 2.22. The minimum atomic E-state index is 0.402. The van der Waals surface area contributed by atoms with E-state index in [1.54, 1.807) is 0 Å². The summed E-state index contributed by atoms with van der Waals surface area (Å²) in [6.45, 7) is 2.78. The first-order chi connectivity index (χ1) is 8.92. The third-order valence-electron chi connectivity index (χ3n) is 2.60. The predicted molar refractivity (Wildman–Crippen MR) is 77.3 cm³/mol. The summed E-state index contributed by atoms with van der Waals surface area (Å²) in [6.07, 6.45) is 0. The van der Waals surface area contributed by atoms with Crippen LogP contribution in [0.15, 0.2) is 66.4 Å². The lowest BCUT2D eigenvalue weighted by molar-refractivity contribution is 0.367. The van der Waals surface area contributed by atoms with E-state index in [0.29, 0.717) is 9.76 Å². The smallest absolute Gasteiger partial charge is 0.261 e. The molecule has 2 aromatic rings. The van der Waals surface area contributed by atoms with Crippen LogP contribution in [0.3, 0.4) is 0 Å². The van der Waals surface area contributed by atoms with Crippen LogP contribution in [0.5, 0.6) is 0 Å². The van der Waals surface area contributed by atoms with Crippen LogP contribution in [0.4, 0.5) is 0 Å². The standard InChI is InChI=1S/C16H16OSi/c1-2-17-18-13-16(14-9-5-3-6-10-14)15-11-7-4-8-12-15/h3-13H,2H2,1H3.